The SMILES string of the molecule is CC(C)c1cc(Oc2c(Cl)cccc2Cl)nn(C)c1=O. The molecular weight excluding hydrogens is 299 g/mol. The normalized spacial score (nSPS) is 10.9. The van der Waals surface area contributed by atoms with Crippen LogP contribution in [-0.2, 0) is 7.05 Å². The third-order valence-corrected chi connectivity index (χ3v) is 3.41. The van der Waals surface area contributed by atoms with Crippen LogP contribution in [0.5, 0.6) is 11.6 Å². The molecule has 0 atom stereocenters. The highest BCUT2D eigenvalue weighted by Gasteiger charge is 2.13. The number of aryl methyl sites for hydroxylation is 1. The number of halogens is 2. The first-order valence-electron chi connectivity index (χ1n) is 6.10. The van der Waals surface area contributed by atoms with Crippen LogP contribution in [0.15, 0.2) is 29.1 Å². The van der Waals surface area contributed by atoms with E-state index in [1.54, 1.807) is 31.3 Å². The van der Waals surface area contributed by atoms with Gasteiger partial charge in [-0.1, -0.05) is 43.1 Å². The summed E-state index contributed by atoms with van der Waals surface area (Å²) in [5.74, 6) is 0.684. The minimum atomic E-state index is -0.141. The molecule has 1 heterocycles. The Morgan fingerprint density at radius 3 is 2.40 bits per heavy atom. The quantitative estimate of drug-likeness (QED) is 0.860. The van der Waals surface area contributed by atoms with Gasteiger partial charge in [-0.3, -0.25) is 4.79 Å². The van der Waals surface area contributed by atoms with Crippen molar-refractivity contribution in [2.24, 2.45) is 7.05 Å². The summed E-state index contributed by atoms with van der Waals surface area (Å²) in [7, 11) is 1.58. The topological polar surface area (TPSA) is 44.1 Å². The Balaban J connectivity index is 2.47. The lowest BCUT2D eigenvalue weighted by Gasteiger charge is -2.12. The van der Waals surface area contributed by atoms with Crippen LogP contribution in [-0.4, -0.2) is 9.78 Å². The minimum absolute atomic E-state index is 0.0702. The molecule has 0 saturated heterocycles. The first-order valence-corrected chi connectivity index (χ1v) is 6.86. The molecule has 0 amide bonds. The van der Waals surface area contributed by atoms with Crippen molar-refractivity contribution >= 4 is 23.2 Å². The summed E-state index contributed by atoms with van der Waals surface area (Å²) in [5.41, 5.74) is 0.485. The number of aromatic nitrogens is 2. The van der Waals surface area contributed by atoms with Crippen LogP contribution in [0.1, 0.15) is 25.3 Å². The molecule has 0 saturated carbocycles. The van der Waals surface area contributed by atoms with E-state index in [-0.39, 0.29) is 17.4 Å². The summed E-state index contributed by atoms with van der Waals surface area (Å²) in [5, 5.41) is 4.83. The largest absolute Gasteiger partial charge is 0.434 e. The van der Waals surface area contributed by atoms with Gasteiger partial charge in [-0.2, -0.15) is 0 Å². The third kappa shape index (κ3) is 2.97. The van der Waals surface area contributed by atoms with Gasteiger partial charge in [-0.15, -0.1) is 5.10 Å². The molecule has 0 fully saturated rings. The molecule has 1 aromatic carbocycles. The molecule has 0 aliphatic carbocycles. The third-order valence-electron chi connectivity index (χ3n) is 2.82. The Hall–Kier alpha value is -1.52. The van der Waals surface area contributed by atoms with Gasteiger partial charge in [0.05, 0.1) is 10.0 Å². The van der Waals surface area contributed by atoms with Crippen LogP contribution in [0.4, 0.5) is 0 Å². The second kappa shape index (κ2) is 5.85. The van der Waals surface area contributed by atoms with E-state index in [4.69, 9.17) is 27.9 Å². The molecule has 106 valence electrons. The number of nitrogens with zero attached hydrogens (tertiary/aromatic N) is 2. The highest BCUT2D eigenvalue weighted by atomic mass is 35.5. The average molecular weight is 313 g/mol. The molecule has 6 heteroatoms. The summed E-state index contributed by atoms with van der Waals surface area (Å²) in [6.07, 6.45) is 0. The maximum absolute atomic E-state index is 11.9. The van der Waals surface area contributed by atoms with Crippen molar-refractivity contribution in [3.63, 3.8) is 0 Å². The van der Waals surface area contributed by atoms with Crippen LogP contribution in [0.25, 0.3) is 0 Å². The Kier molecular flexibility index (Phi) is 4.35. The smallest absolute Gasteiger partial charge is 0.270 e. The fourth-order valence-electron chi connectivity index (χ4n) is 1.75. The molecule has 20 heavy (non-hydrogen) atoms. The molecule has 2 aromatic rings. The molecule has 0 aliphatic rings. The molecule has 1 aromatic heterocycles. The molecule has 0 bridgehead atoms. The van der Waals surface area contributed by atoms with Crippen molar-refractivity contribution in [3.05, 3.63) is 50.2 Å². The lowest BCUT2D eigenvalue weighted by atomic mass is 10.1. The van der Waals surface area contributed by atoms with E-state index < -0.39 is 0 Å². The Morgan fingerprint density at radius 2 is 1.85 bits per heavy atom. The van der Waals surface area contributed by atoms with Gasteiger partial charge in [0.25, 0.3) is 5.56 Å². The van der Waals surface area contributed by atoms with E-state index in [0.29, 0.717) is 21.4 Å². The first-order chi connectivity index (χ1) is 9.40. The molecule has 0 radical (unpaired) electrons. The number of ether oxygens (including phenoxy) is 1. The standard InChI is InChI=1S/C14H14Cl2N2O2/c1-8(2)9-7-12(17-18(3)14(9)19)20-13-10(15)5-4-6-11(13)16/h4-8H,1-3H3. The number of benzene rings is 1. The highest BCUT2D eigenvalue weighted by molar-refractivity contribution is 6.37. The van der Waals surface area contributed by atoms with Crippen molar-refractivity contribution in [2.75, 3.05) is 0 Å². The van der Waals surface area contributed by atoms with Crippen molar-refractivity contribution < 1.29 is 4.74 Å². The molecule has 2 rings (SSSR count). The van der Waals surface area contributed by atoms with Crippen LogP contribution >= 0.6 is 23.2 Å². The van der Waals surface area contributed by atoms with Gasteiger partial charge in [0, 0.05) is 18.7 Å². The fourth-order valence-corrected chi connectivity index (χ4v) is 2.23. The van der Waals surface area contributed by atoms with E-state index in [2.05, 4.69) is 5.10 Å². The van der Waals surface area contributed by atoms with E-state index >= 15 is 0 Å². The van der Waals surface area contributed by atoms with Gasteiger partial charge in [0.1, 0.15) is 0 Å². The highest BCUT2D eigenvalue weighted by Crippen LogP contribution is 2.35. The summed E-state index contributed by atoms with van der Waals surface area (Å²) in [6, 6.07) is 6.69. The zero-order valence-electron chi connectivity index (χ0n) is 11.4. The first kappa shape index (κ1) is 14.9. The monoisotopic (exact) mass is 312 g/mol. The minimum Gasteiger partial charge on any atom is -0.434 e. The summed E-state index contributed by atoms with van der Waals surface area (Å²) >= 11 is 12.1. The Morgan fingerprint density at radius 1 is 1.25 bits per heavy atom. The van der Waals surface area contributed by atoms with Crippen molar-refractivity contribution in [1.82, 2.24) is 9.78 Å². The number of rotatable bonds is 3. The maximum atomic E-state index is 11.9. The van der Waals surface area contributed by atoms with Gasteiger partial charge in [-0.05, 0) is 18.1 Å². The van der Waals surface area contributed by atoms with Crippen molar-refractivity contribution in [2.45, 2.75) is 19.8 Å². The zero-order valence-corrected chi connectivity index (χ0v) is 12.9. The number of para-hydroxylation sites is 1. The van der Waals surface area contributed by atoms with Crippen molar-refractivity contribution in [1.29, 1.82) is 0 Å². The van der Waals surface area contributed by atoms with Crippen LogP contribution in [0.2, 0.25) is 10.0 Å². The van der Waals surface area contributed by atoms with Gasteiger partial charge in [0.2, 0.25) is 5.88 Å². The lowest BCUT2D eigenvalue weighted by molar-refractivity contribution is 0.437. The second-order valence-corrected chi connectivity index (χ2v) is 5.49. The Bertz CT molecular complexity index is 676. The van der Waals surface area contributed by atoms with Crippen LogP contribution < -0.4 is 10.3 Å². The molecule has 4 nitrogen and oxygen atoms in total. The van der Waals surface area contributed by atoms with Gasteiger partial charge in [0.15, 0.2) is 5.75 Å². The van der Waals surface area contributed by atoms with Gasteiger partial charge < -0.3 is 4.74 Å². The molecule has 0 spiro atoms. The van der Waals surface area contributed by atoms with Crippen molar-refractivity contribution in [3.8, 4) is 11.6 Å². The number of hydrogen-bond donors (Lipinski definition) is 0. The predicted molar refractivity (Wildman–Crippen MR) is 80.1 cm³/mol. The molecular formula is C14H14Cl2N2O2. The van der Waals surface area contributed by atoms with Crippen LogP contribution in [0, 0.1) is 0 Å². The predicted octanol–water partition coefficient (Wildman–Crippen LogP) is 4.00. The van der Waals surface area contributed by atoms with E-state index in [9.17, 15) is 4.79 Å². The Labute approximate surface area is 126 Å². The van der Waals surface area contributed by atoms with Gasteiger partial charge >= 0.3 is 0 Å². The second-order valence-electron chi connectivity index (χ2n) is 4.67. The zero-order chi connectivity index (χ0) is 14.9. The molecule has 0 aliphatic heterocycles. The summed E-state index contributed by atoms with van der Waals surface area (Å²) < 4.78 is 6.88. The fraction of sp³-hybridized carbons (Fsp3) is 0.286. The van der Waals surface area contributed by atoms with E-state index in [1.165, 1.54) is 4.68 Å². The summed E-state index contributed by atoms with van der Waals surface area (Å²) in [4.78, 5) is 11.9. The summed E-state index contributed by atoms with van der Waals surface area (Å²) in [6.45, 7) is 3.87. The van der Waals surface area contributed by atoms with Crippen LogP contribution in [0.3, 0.4) is 0 Å². The number of hydrogen-bond acceptors (Lipinski definition) is 3. The van der Waals surface area contributed by atoms with E-state index in [0.717, 1.165) is 0 Å². The maximum Gasteiger partial charge on any atom is 0.270 e. The lowest BCUT2D eigenvalue weighted by Crippen LogP contribution is -2.24. The average Bonchev–Trinajstić information content (AvgIpc) is 2.37. The molecule has 0 N–H and O–H groups in total. The molecule has 0 unspecified atom stereocenters. The van der Waals surface area contributed by atoms with Gasteiger partial charge in [-0.25, -0.2) is 4.68 Å². The van der Waals surface area contributed by atoms with E-state index in [1.807, 2.05) is 13.8 Å².